The van der Waals surface area contributed by atoms with Crippen LogP contribution < -0.4 is 43.0 Å². The van der Waals surface area contributed by atoms with E-state index >= 15 is 0 Å². The Balaban J connectivity index is 1.30. The topological polar surface area (TPSA) is 266 Å². The Labute approximate surface area is 417 Å². The highest BCUT2D eigenvalue weighted by Crippen LogP contribution is 2.28. The minimum Gasteiger partial charge on any atom is -0.361 e. The summed E-state index contributed by atoms with van der Waals surface area (Å²) in [5.41, 5.74) is 8.11. The maximum Gasteiger partial charge on any atom is 0.245 e. The van der Waals surface area contributed by atoms with Crippen LogP contribution in [0.4, 0.5) is 0 Å². The van der Waals surface area contributed by atoms with Crippen molar-refractivity contribution in [1.29, 1.82) is 0 Å². The number of nitrogens with one attached hydrogen (secondary N) is 8. The summed E-state index contributed by atoms with van der Waals surface area (Å²) >= 11 is 0. The van der Waals surface area contributed by atoms with Gasteiger partial charge in [0.05, 0.1) is 0 Å². The van der Waals surface area contributed by atoms with Crippen LogP contribution in [0, 0.1) is 5.92 Å². The Morgan fingerprint density at radius 3 is 2.20 bits per heavy atom. The van der Waals surface area contributed by atoms with Gasteiger partial charge in [-0.05, 0) is 87.4 Å². The Morgan fingerprint density at radius 2 is 1.45 bits per heavy atom. The van der Waals surface area contributed by atoms with Gasteiger partial charge in [0.2, 0.25) is 47.3 Å². The van der Waals surface area contributed by atoms with Crippen LogP contribution in [0.2, 0.25) is 0 Å². The highest BCUT2D eigenvalue weighted by atomic mass is 16.2. The van der Waals surface area contributed by atoms with E-state index in [-0.39, 0.29) is 44.7 Å². The van der Waals surface area contributed by atoms with Gasteiger partial charge >= 0.3 is 0 Å². The van der Waals surface area contributed by atoms with E-state index in [1.54, 1.807) is 0 Å². The van der Waals surface area contributed by atoms with E-state index < -0.39 is 89.6 Å². The lowest BCUT2D eigenvalue weighted by atomic mass is 9.84. The van der Waals surface area contributed by atoms with E-state index in [4.69, 9.17) is 5.73 Å². The molecular weight excluding hydrogens is 905 g/mol. The molecule has 7 atom stereocenters. The highest BCUT2D eigenvalue weighted by molar-refractivity contribution is 5.98. The third-order valence-corrected chi connectivity index (χ3v) is 14.1. The number of nitrogens with zero attached hydrogens (tertiary/aromatic N) is 1. The maximum atomic E-state index is 14.9. The van der Waals surface area contributed by atoms with Gasteiger partial charge in [-0.3, -0.25) is 38.4 Å². The standard InChI is InChI=1S/C53H76N10O8/c1-3-4-22-40-47(65)55-28-15-25-42(59-49(67)43(30-35-17-7-5-8-18-35)60-48(66)41(57-34(2)64)24-13-14-27-54)53(71)63-29-16-26-46(63)52(70)62-44(31-36-19-9-6-10-20-36)50(68)61-45(51(69)58-40)32-37-33-56-39-23-12-11-21-38(37)39/h5,7-8,11-12,17-18,21,23,33,36,40-46,56H,3-4,6,9-10,13-16,19-20,22,24-32,54H2,1-2H3,(H,55,65)(H,57,64)(H,58,69)(H,59,67)(H,60,66)(H,61,68)(H,62,70)/t40-,41-,42-,43-,44+,45-,46-/m0/s1. The molecule has 1 saturated carbocycles. The lowest BCUT2D eigenvalue weighted by Crippen LogP contribution is -2.60. The smallest absolute Gasteiger partial charge is 0.245 e. The molecule has 8 amide bonds. The molecule has 386 valence electrons. The number of benzene rings is 2. The van der Waals surface area contributed by atoms with E-state index in [0.717, 1.165) is 60.6 Å². The fourth-order valence-corrected chi connectivity index (χ4v) is 10.2. The normalized spacial score (nSPS) is 22.9. The van der Waals surface area contributed by atoms with E-state index in [2.05, 4.69) is 42.2 Å². The Morgan fingerprint density at radius 1 is 0.732 bits per heavy atom. The molecule has 71 heavy (non-hydrogen) atoms. The summed E-state index contributed by atoms with van der Waals surface area (Å²) in [6, 6.07) is 9.45. The summed E-state index contributed by atoms with van der Waals surface area (Å²) in [4.78, 5) is 118. The second-order valence-corrected chi connectivity index (χ2v) is 19.6. The fraction of sp³-hybridized carbons (Fsp3) is 0.585. The number of para-hydroxylation sites is 1. The van der Waals surface area contributed by atoms with Crippen molar-refractivity contribution in [3.05, 3.63) is 71.9 Å². The van der Waals surface area contributed by atoms with Gasteiger partial charge in [0.15, 0.2) is 0 Å². The van der Waals surface area contributed by atoms with Crippen LogP contribution in [0.3, 0.4) is 0 Å². The molecule has 10 N–H and O–H groups in total. The van der Waals surface area contributed by atoms with Gasteiger partial charge < -0.3 is 52.8 Å². The van der Waals surface area contributed by atoms with Crippen LogP contribution in [0.5, 0.6) is 0 Å². The molecule has 2 aromatic carbocycles. The number of amides is 8. The molecule has 3 fully saturated rings. The molecule has 18 nitrogen and oxygen atoms in total. The van der Waals surface area contributed by atoms with Gasteiger partial charge in [-0.1, -0.05) is 100 Å². The molecule has 0 unspecified atom stereocenters. The largest absolute Gasteiger partial charge is 0.361 e. The van der Waals surface area contributed by atoms with Crippen molar-refractivity contribution < 1.29 is 38.4 Å². The molecule has 6 rings (SSSR count). The quantitative estimate of drug-likeness (QED) is 0.0848. The van der Waals surface area contributed by atoms with Gasteiger partial charge in [0, 0.05) is 50.0 Å². The number of H-pyrrole nitrogens is 1. The van der Waals surface area contributed by atoms with Crippen molar-refractivity contribution in [2.24, 2.45) is 11.7 Å². The number of hydrogen-bond acceptors (Lipinski definition) is 9. The molecule has 1 aromatic heterocycles. The molecule has 0 spiro atoms. The van der Waals surface area contributed by atoms with Crippen molar-refractivity contribution in [1.82, 2.24) is 47.1 Å². The highest BCUT2D eigenvalue weighted by Gasteiger charge is 2.41. The molecule has 1 aliphatic carbocycles. The average Bonchev–Trinajstić information content (AvgIpc) is 4.03. The summed E-state index contributed by atoms with van der Waals surface area (Å²) in [5.74, 6) is -3.99. The van der Waals surface area contributed by atoms with Gasteiger partial charge in [-0.2, -0.15) is 0 Å². The van der Waals surface area contributed by atoms with Crippen LogP contribution in [0.1, 0.15) is 128 Å². The lowest BCUT2D eigenvalue weighted by Gasteiger charge is -2.32. The zero-order chi connectivity index (χ0) is 50.7. The SMILES string of the molecule is CCCC[C@@H]1NC(=O)[C@H](Cc2c[nH]c3ccccc23)NC(=O)[C@@H](CC2CCCCC2)NC(=O)[C@@H]2CCCN2C(=O)[C@@H](NC(=O)[C@H](Cc2ccccc2)NC(=O)[C@H](CCCCN)NC(C)=O)CCCNC1=O. The van der Waals surface area contributed by atoms with Crippen molar-refractivity contribution >= 4 is 58.2 Å². The van der Waals surface area contributed by atoms with E-state index in [1.807, 2.05) is 67.7 Å². The molecule has 0 bridgehead atoms. The van der Waals surface area contributed by atoms with Crippen LogP contribution in [-0.2, 0) is 51.2 Å². The first kappa shape index (κ1) is 54.0. The number of hydrogen-bond donors (Lipinski definition) is 9. The minimum atomic E-state index is -1.18. The van der Waals surface area contributed by atoms with E-state index in [1.165, 1.54) is 11.8 Å². The maximum absolute atomic E-state index is 14.9. The van der Waals surface area contributed by atoms with Crippen LogP contribution >= 0.6 is 0 Å². The Kier molecular flexibility index (Phi) is 20.8. The molecule has 18 heteroatoms. The summed E-state index contributed by atoms with van der Waals surface area (Å²) < 4.78 is 0. The third-order valence-electron chi connectivity index (χ3n) is 14.1. The zero-order valence-corrected chi connectivity index (χ0v) is 41.5. The summed E-state index contributed by atoms with van der Waals surface area (Å²) in [6.07, 6.45) is 11.5. The molecule has 3 heterocycles. The minimum absolute atomic E-state index is 0.0562. The molecule has 3 aromatic rings. The van der Waals surface area contributed by atoms with Gasteiger partial charge in [0.25, 0.3) is 0 Å². The number of aromatic nitrogens is 1. The van der Waals surface area contributed by atoms with Crippen LogP contribution in [-0.4, -0.2) is 119 Å². The number of rotatable bonds is 18. The van der Waals surface area contributed by atoms with Crippen molar-refractivity contribution in [3.8, 4) is 0 Å². The van der Waals surface area contributed by atoms with Crippen LogP contribution in [0.15, 0.2) is 60.8 Å². The number of carbonyl (C=O) groups excluding carboxylic acids is 8. The second kappa shape index (κ2) is 27.3. The average molecular weight is 981 g/mol. The fourth-order valence-electron chi connectivity index (χ4n) is 10.2. The number of unbranched alkanes of at least 4 members (excludes halogenated alkanes) is 2. The lowest BCUT2D eigenvalue weighted by molar-refractivity contribution is -0.143. The first-order valence-corrected chi connectivity index (χ1v) is 26.0. The third kappa shape index (κ3) is 15.8. The number of carbonyl (C=O) groups is 8. The zero-order valence-electron chi connectivity index (χ0n) is 41.5. The van der Waals surface area contributed by atoms with Crippen molar-refractivity contribution in [3.63, 3.8) is 0 Å². The second-order valence-electron chi connectivity index (χ2n) is 19.6. The van der Waals surface area contributed by atoms with Gasteiger partial charge in [-0.15, -0.1) is 0 Å². The predicted molar refractivity (Wildman–Crippen MR) is 270 cm³/mol. The summed E-state index contributed by atoms with van der Waals surface area (Å²) in [5, 5.41) is 21.2. The number of aromatic amines is 1. The monoisotopic (exact) mass is 981 g/mol. The summed E-state index contributed by atoms with van der Waals surface area (Å²) in [6.45, 7) is 4.01. The Bertz CT molecular complexity index is 2280. The van der Waals surface area contributed by atoms with E-state index in [9.17, 15) is 38.4 Å². The molecule has 2 aliphatic heterocycles. The first-order valence-electron chi connectivity index (χ1n) is 26.0. The Hall–Kier alpha value is -6.30. The van der Waals surface area contributed by atoms with Gasteiger partial charge in [0.1, 0.15) is 42.3 Å². The van der Waals surface area contributed by atoms with Crippen molar-refractivity contribution in [2.45, 2.75) is 172 Å². The number of fused-ring (bicyclic) bond motifs is 2. The van der Waals surface area contributed by atoms with Crippen molar-refractivity contribution in [2.75, 3.05) is 19.6 Å². The predicted octanol–water partition coefficient (Wildman–Crippen LogP) is 3.07. The molecule has 3 aliphatic rings. The molecule has 2 saturated heterocycles. The van der Waals surface area contributed by atoms with E-state index in [0.29, 0.717) is 57.9 Å². The van der Waals surface area contributed by atoms with Gasteiger partial charge in [-0.25, -0.2) is 0 Å². The van der Waals surface area contributed by atoms with Crippen LogP contribution in [0.25, 0.3) is 10.9 Å². The summed E-state index contributed by atoms with van der Waals surface area (Å²) in [7, 11) is 0. The molecule has 0 radical (unpaired) electrons. The molecular formula is C53H76N10O8. The number of nitrogens with two attached hydrogens (primary N) is 1. The first-order chi connectivity index (χ1) is 34.3.